The lowest BCUT2D eigenvalue weighted by molar-refractivity contribution is 0.917. The summed E-state index contributed by atoms with van der Waals surface area (Å²) in [5, 5.41) is 3.32. The fourth-order valence-corrected chi connectivity index (χ4v) is 1.94. The molecule has 1 aromatic carbocycles. The van der Waals surface area contributed by atoms with Gasteiger partial charge < -0.3 is 5.32 Å². The van der Waals surface area contributed by atoms with Crippen LogP contribution in [-0.2, 0) is 6.42 Å². The van der Waals surface area contributed by atoms with E-state index in [1.54, 1.807) is 0 Å². The SMILES string of the molecule is CCCNc1cc(C)nc(Cc2ccc(C)cc2)n1. The zero-order valence-corrected chi connectivity index (χ0v) is 11.9. The van der Waals surface area contributed by atoms with E-state index >= 15 is 0 Å². The minimum Gasteiger partial charge on any atom is -0.370 e. The molecule has 0 unspecified atom stereocenters. The Balaban J connectivity index is 2.15. The van der Waals surface area contributed by atoms with Crippen LogP contribution in [0.4, 0.5) is 5.82 Å². The van der Waals surface area contributed by atoms with Crippen LogP contribution in [0, 0.1) is 13.8 Å². The Bertz CT molecular complexity index is 532. The van der Waals surface area contributed by atoms with Gasteiger partial charge in [0.15, 0.2) is 0 Å². The van der Waals surface area contributed by atoms with Crippen LogP contribution in [0.1, 0.15) is 36.0 Å². The number of hydrogen-bond donors (Lipinski definition) is 1. The number of hydrogen-bond acceptors (Lipinski definition) is 3. The van der Waals surface area contributed by atoms with Gasteiger partial charge in [-0.3, -0.25) is 0 Å². The minimum atomic E-state index is 0.781. The fourth-order valence-electron chi connectivity index (χ4n) is 1.94. The molecule has 0 fully saturated rings. The van der Waals surface area contributed by atoms with E-state index < -0.39 is 0 Å². The van der Waals surface area contributed by atoms with Crippen molar-refractivity contribution in [1.29, 1.82) is 0 Å². The molecule has 1 heterocycles. The van der Waals surface area contributed by atoms with E-state index in [1.807, 2.05) is 13.0 Å². The highest BCUT2D eigenvalue weighted by Crippen LogP contribution is 2.11. The van der Waals surface area contributed by atoms with E-state index in [2.05, 4.69) is 53.4 Å². The molecule has 0 amide bonds. The van der Waals surface area contributed by atoms with Gasteiger partial charge in [0.2, 0.25) is 0 Å². The second-order valence-electron chi connectivity index (χ2n) is 4.90. The smallest absolute Gasteiger partial charge is 0.135 e. The molecule has 0 aliphatic rings. The second-order valence-corrected chi connectivity index (χ2v) is 4.90. The quantitative estimate of drug-likeness (QED) is 0.888. The molecule has 1 N–H and O–H groups in total. The molecular weight excluding hydrogens is 234 g/mol. The number of anilines is 1. The Morgan fingerprint density at radius 3 is 2.47 bits per heavy atom. The number of aryl methyl sites for hydroxylation is 2. The largest absolute Gasteiger partial charge is 0.370 e. The van der Waals surface area contributed by atoms with E-state index in [0.29, 0.717) is 0 Å². The van der Waals surface area contributed by atoms with Crippen molar-refractivity contribution >= 4 is 5.82 Å². The standard InChI is InChI=1S/C16H21N3/c1-4-9-17-15-10-13(3)18-16(19-15)11-14-7-5-12(2)6-8-14/h5-8,10H,4,9,11H2,1-3H3,(H,17,18,19). The molecule has 2 aromatic rings. The Labute approximate surface area is 115 Å². The van der Waals surface area contributed by atoms with Gasteiger partial charge >= 0.3 is 0 Å². The molecular formula is C16H21N3. The van der Waals surface area contributed by atoms with Crippen LogP contribution in [0.2, 0.25) is 0 Å². The van der Waals surface area contributed by atoms with E-state index in [0.717, 1.165) is 36.7 Å². The zero-order valence-electron chi connectivity index (χ0n) is 11.9. The Morgan fingerprint density at radius 2 is 1.79 bits per heavy atom. The summed E-state index contributed by atoms with van der Waals surface area (Å²) in [5.74, 6) is 1.80. The lowest BCUT2D eigenvalue weighted by Crippen LogP contribution is -2.06. The monoisotopic (exact) mass is 255 g/mol. The Kier molecular flexibility index (Phi) is 4.50. The summed E-state index contributed by atoms with van der Waals surface area (Å²) in [4.78, 5) is 9.08. The molecule has 1 aromatic heterocycles. The maximum absolute atomic E-state index is 4.57. The predicted molar refractivity (Wildman–Crippen MR) is 79.5 cm³/mol. The first-order valence-corrected chi connectivity index (χ1v) is 6.81. The van der Waals surface area contributed by atoms with Crippen LogP contribution in [0.3, 0.4) is 0 Å². The molecule has 100 valence electrons. The summed E-state index contributed by atoms with van der Waals surface area (Å²) in [6.45, 7) is 7.20. The average Bonchev–Trinajstić information content (AvgIpc) is 2.38. The lowest BCUT2D eigenvalue weighted by atomic mass is 10.1. The first-order valence-electron chi connectivity index (χ1n) is 6.81. The second kappa shape index (κ2) is 6.32. The van der Waals surface area contributed by atoms with Crippen LogP contribution < -0.4 is 5.32 Å². The third kappa shape index (κ3) is 4.05. The molecule has 19 heavy (non-hydrogen) atoms. The van der Waals surface area contributed by atoms with Gasteiger partial charge in [0.25, 0.3) is 0 Å². The number of aromatic nitrogens is 2. The summed E-state index contributed by atoms with van der Waals surface area (Å²) in [7, 11) is 0. The third-order valence-corrected chi connectivity index (χ3v) is 2.94. The predicted octanol–water partition coefficient (Wildman–Crippen LogP) is 3.51. The van der Waals surface area contributed by atoms with Gasteiger partial charge in [-0.2, -0.15) is 0 Å². The van der Waals surface area contributed by atoms with Gasteiger partial charge in [-0.15, -0.1) is 0 Å². The van der Waals surface area contributed by atoms with Crippen molar-refractivity contribution in [1.82, 2.24) is 9.97 Å². The highest BCUT2D eigenvalue weighted by molar-refractivity contribution is 5.36. The van der Waals surface area contributed by atoms with E-state index in [-0.39, 0.29) is 0 Å². The zero-order chi connectivity index (χ0) is 13.7. The summed E-state index contributed by atoms with van der Waals surface area (Å²) in [6, 6.07) is 10.5. The van der Waals surface area contributed by atoms with Crippen molar-refractivity contribution in [2.45, 2.75) is 33.6 Å². The summed E-state index contributed by atoms with van der Waals surface area (Å²) >= 11 is 0. The van der Waals surface area contributed by atoms with Crippen molar-refractivity contribution in [2.75, 3.05) is 11.9 Å². The van der Waals surface area contributed by atoms with Crippen LogP contribution in [0.25, 0.3) is 0 Å². The molecule has 2 rings (SSSR count). The molecule has 3 nitrogen and oxygen atoms in total. The molecule has 0 saturated carbocycles. The van der Waals surface area contributed by atoms with Gasteiger partial charge in [-0.1, -0.05) is 36.8 Å². The van der Waals surface area contributed by atoms with Gasteiger partial charge in [-0.25, -0.2) is 9.97 Å². The van der Waals surface area contributed by atoms with E-state index in [1.165, 1.54) is 11.1 Å². The number of nitrogens with one attached hydrogen (secondary N) is 1. The van der Waals surface area contributed by atoms with Crippen LogP contribution in [0.5, 0.6) is 0 Å². The molecule has 3 heteroatoms. The fraction of sp³-hybridized carbons (Fsp3) is 0.375. The normalized spacial score (nSPS) is 10.5. The summed E-state index contributed by atoms with van der Waals surface area (Å²) in [6.07, 6.45) is 1.87. The van der Waals surface area contributed by atoms with Crippen molar-refractivity contribution in [3.8, 4) is 0 Å². The van der Waals surface area contributed by atoms with Gasteiger partial charge in [0.05, 0.1) is 0 Å². The van der Waals surface area contributed by atoms with Crippen molar-refractivity contribution in [2.24, 2.45) is 0 Å². The Hall–Kier alpha value is -1.90. The maximum atomic E-state index is 4.57. The van der Waals surface area contributed by atoms with Crippen LogP contribution >= 0.6 is 0 Å². The van der Waals surface area contributed by atoms with Gasteiger partial charge in [0.1, 0.15) is 11.6 Å². The van der Waals surface area contributed by atoms with Crippen LogP contribution in [0.15, 0.2) is 30.3 Å². The average molecular weight is 255 g/mol. The first-order chi connectivity index (χ1) is 9.17. The number of rotatable bonds is 5. The van der Waals surface area contributed by atoms with Crippen molar-refractivity contribution < 1.29 is 0 Å². The maximum Gasteiger partial charge on any atom is 0.135 e. The molecule has 0 aliphatic carbocycles. The van der Waals surface area contributed by atoms with Crippen molar-refractivity contribution in [3.05, 3.63) is 53.0 Å². The number of benzene rings is 1. The molecule has 0 bridgehead atoms. The first kappa shape index (κ1) is 13.5. The highest BCUT2D eigenvalue weighted by Gasteiger charge is 2.03. The summed E-state index contributed by atoms with van der Waals surface area (Å²) < 4.78 is 0. The van der Waals surface area contributed by atoms with Gasteiger partial charge in [-0.05, 0) is 25.8 Å². The topological polar surface area (TPSA) is 37.8 Å². The van der Waals surface area contributed by atoms with Gasteiger partial charge in [0, 0.05) is 24.7 Å². The van der Waals surface area contributed by atoms with E-state index in [4.69, 9.17) is 0 Å². The molecule has 0 atom stereocenters. The minimum absolute atomic E-state index is 0.781. The van der Waals surface area contributed by atoms with Crippen molar-refractivity contribution in [3.63, 3.8) is 0 Å². The van der Waals surface area contributed by atoms with E-state index in [9.17, 15) is 0 Å². The molecule has 0 aliphatic heterocycles. The third-order valence-electron chi connectivity index (χ3n) is 2.94. The lowest BCUT2D eigenvalue weighted by Gasteiger charge is -2.08. The summed E-state index contributed by atoms with van der Waals surface area (Å²) in [5.41, 5.74) is 3.53. The molecule has 0 saturated heterocycles. The highest BCUT2D eigenvalue weighted by atomic mass is 15.0. The molecule has 0 spiro atoms. The number of nitrogens with zero attached hydrogens (tertiary/aromatic N) is 2. The molecule has 0 radical (unpaired) electrons. The Morgan fingerprint density at radius 1 is 1.05 bits per heavy atom. The van der Waals surface area contributed by atoms with Crippen LogP contribution in [-0.4, -0.2) is 16.5 Å².